The number of nitrogens with one attached hydrogen (secondary N) is 1. The van der Waals surface area contributed by atoms with E-state index in [9.17, 15) is 14.7 Å². The first-order chi connectivity index (χ1) is 14.5. The lowest BCUT2D eigenvalue weighted by Crippen LogP contribution is -2.53. The number of aliphatic hydroxyl groups is 1. The fourth-order valence-electron chi connectivity index (χ4n) is 5.68. The predicted octanol–water partition coefficient (Wildman–Crippen LogP) is 1.87. The Bertz CT molecular complexity index is 911. The molecular weight excluding hydrogens is 384 g/mol. The van der Waals surface area contributed by atoms with Crippen LogP contribution in [0.15, 0.2) is 42.7 Å². The molecule has 1 aromatic rings. The van der Waals surface area contributed by atoms with E-state index in [1.54, 1.807) is 7.11 Å². The molecule has 2 saturated heterocycles. The third-order valence-corrected chi connectivity index (χ3v) is 7.00. The zero-order valence-corrected chi connectivity index (χ0v) is 17.4. The number of anilines is 1. The van der Waals surface area contributed by atoms with Crippen LogP contribution < -0.4 is 10.1 Å². The van der Waals surface area contributed by atoms with Crippen LogP contribution in [-0.4, -0.2) is 61.7 Å². The summed E-state index contributed by atoms with van der Waals surface area (Å²) < 4.78 is 10.8. The van der Waals surface area contributed by atoms with Gasteiger partial charge in [0.15, 0.2) is 5.78 Å². The SMILES string of the molecule is C=C[C@H]1CN2CC[C@@]3(C(=O)Nc4cccc(OC)c43)[C@H]2C[C@@H]1C(=COC)C(=O)CO. The molecular formula is C23H28N2O5. The molecule has 160 valence electrons. The van der Waals surface area contributed by atoms with Crippen LogP contribution in [-0.2, 0) is 19.7 Å². The molecule has 3 heterocycles. The fraction of sp³-hybridized carbons (Fsp3) is 0.478. The summed E-state index contributed by atoms with van der Waals surface area (Å²) in [6.07, 6.45) is 4.57. The number of carbonyl (C=O) groups excluding carboxylic acids is 2. The third-order valence-electron chi connectivity index (χ3n) is 7.00. The second-order valence-electron chi connectivity index (χ2n) is 8.20. The highest BCUT2D eigenvalue weighted by molar-refractivity contribution is 6.08. The molecule has 0 radical (unpaired) electrons. The zero-order chi connectivity index (χ0) is 21.5. The molecule has 3 aliphatic rings. The van der Waals surface area contributed by atoms with Gasteiger partial charge in [0.05, 0.1) is 25.9 Å². The maximum absolute atomic E-state index is 13.4. The summed E-state index contributed by atoms with van der Waals surface area (Å²) in [6, 6.07) is 5.58. The molecule has 4 rings (SSSR count). The second-order valence-corrected chi connectivity index (χ2v) is 8.20. The van der Waals surface area contributed by atoms with Gasteiger partial charge in [-0.05, 0) is 43.4 Å². The number of ketones is 1. The van der Waals surface area contributed by atoms with Crippen molar-refractivity contribution < 1.29 is 24.2 Å². The van der Waals surface area contributed by atoms with Crippen molar-refractivity contribution in [2.75, 3.05) is 39.2 Å². The van der Waals surface area contributed by atoms with Crippen LogP contribution in [0.2, 0.25) is 0 Å². The molecule has 0 unspecified atom stereocenters. The molecule has 4 atom stereocenters. The van der Waals surface area contributed by atoms with E-state index < -0.39 is 12.0 Å². The lowest BCUT2D eigenvalue weighted by atomic mass is 9.67. The summed E-state index contributed by atoms with van der Waals surface area (Å²) >= 11 is 0. The van der Waals surface area contributed by atoms with Crippen molar-refractivity contribution in [2.24, 2.45) is 11.8 Å². The first-order valence-corrected chi connectivity index (χ1v) is 10.2. The normalized spacial score (nSPS) is 30.6. The number of carbonyl (C=O) groups is 2. The van der Waals surface area contributed by atoms with E-state index in [2.05, 4.69) is 16.8 Å². The Morgan fingerprint density at radius 1 is 1.43 bits per heavy atom. The third kappa shape index (κ3) is 2.87. The van der Waals surface area contributed by atoms with Crippen molar-refractivity contribution in [1.82, 2.24) is 4.90 Å². The molecule has 30 heavy (non-hydrogen) atoms. The maximum Gasteiger partial charge on any atom is 0.236 e. The van der Waals surface area contributed by atoms with Gasteiger partial charge in [0.1, 0.15) is 12.4 Å². The number of piperidine rings is 1. The molecule has 3 aliphatic heterocycles. The molecule has 7 nitrogen and oxygen atoms in total. The lowest BCUT2D eigenvalue weighted by molar-refractivity contribution is -0.122. The van der Waals surface area contributed by atoms with Crippen molar-refractivity contribution in [2.45, 2.75) is 24.3 Å². The highest BCUT2D eigenvalue weighted by atomic mass is 16.5. The number of methoxy groups -OCH3 is 2. The molecule has 0 bridgehead atoms. The first kappa shape index (κ1) is 20.6. The number of aliphatic hydroxyl groups excluding tert-OH is 1. The van der Waals surface area contributed by atoms with E-state index in [0.29, 0.717) is 30.7 Å². The summed E-state index contributed by atoms with van der Waals surface area (Å²) in [5.74, 6) is 0.160. The van der Waals surface area contributed by atoms with Crippen molar-refractivity contribution in [3.05, 3.63) is 48.3 Å². The average Bonchev–Trinajstić information content (AvgIpc) is 3.28. The zero-order valence-electron chi connectivity index (χ0n) is 17.4. The molecule has 1 aromatic carbocycles. The second kappa shape index (κ2) is 7.89. The van der Waals surface area contributed by atoms with Crippen LogP contribution in [0.5, 0.6) is 5.75 Å². The molecule has 1 spiro atoms. The summed E-state index contributed by atoms with van der Waals surface area (Å²) in [6.45, 7) is 4.87. The van der Waals surface area contributed by atoms with Crippen molar-refractivity contribution in [1.29, 1.82) is 0 Å². The minimum Gasteiger partial charge on any atom is -0.504 e. The number of fused-ring (bicyclic) bond motifs is 4. The molecule has 1 amide bonds. The minimum atomic E-state index is -0.729. The summed E-state index contributed by atoms with van der Waals surface area (Å²) in [4.78, 5) is 28.2. The van der Waals surface area contributed by atoms with E-state index in [-0.39, 0.29) is 29.6 Å². The van der Waals surface area contributed by atoms with Crippen LogP contribution in [0.3, 0.4) is 0 Å². The van der Waals surface area contributed by atoms with Gasteiger partial charge in [-0.3, -0.25) is 14.5 Å². The van der Waals surface area contributed by atoms with E-state index in [1.807, 2.05) is 24.3 Å². The smallest absolute Gasteiger partial charge is 0.236 e. The number of ether oxygens (including phenoxy) is 2. The van der Waals surface area contributed by atoms with E-state index in [0.717, 1.165) is 17.8 Å². The highest BCUT2D eigenvalue weighted by Gasteiger charge is 2.61. The molecule has 2 fully saturated rings. The van der Waals surface area contributed by atoms with Crippen LogP contribution in [0.25, 0.3) is 0 Å². The molecule has 0 saturated carbocycles. The number of hydrogen-bond acceptors (Lipinski definition) is 6. The minimum absolute atomic E-state index is 0.0175. The van der Waals surface area contributed by atoms with E-state index >= 15 is 0 Å². The van der Waals surface area contributed by atoms with Crippen LogP contribution >= 0.6 is 0 Å². The predicted molar refractivity (Wildman–Crippen MR) is 112 cm³/mol. The highest BCUT2D eigenvalue weighted by Crippen LogP contribution is 2.55. The van der Waals surface area contributed by atoms with Gasteiger partial charge in [-0.1, -0.05) is 12.1 Å². The molecule has 0 aliphatic carbocycles. The topological polar surface area (TPSA) is 88.1 Å². The Labute approximate surface area is 176 Å². The summed E-state index contributed by atoms with van der Waals surface area (Å²) in [7, 11) is 3.11. The number of Topliss-reactive ketones (excluding diaryl/α,β-unsaturated/α-hetero) is 1. The van der Waals surface area contributed by atoms with Gasteiger partial charge in [-0.2, -0.15) is 0 Å². The molecule has 2 N–H and O–H groups in total. The summed E-state index contributed by atoms with van der Waals surface area (Å²) in [5.41, 5.74) is 1.42. The van der Waals surface area contributed by atoms with Gasteiger partial charge >= 0.3 is 0 Å². The van der Waals surface area contributed by atoms with E-state index in [4.69, 9.17) is 9.47 Å². The number of nitrogens with zero attached hydrogens (tertiary/aromatic N) is 1. The van der Waals surface area contributed by atoms with Crippen LogP contribution in [0.1, 0.15) is 18.4 Å². The maximum atomic E-state index is 13.4. The number of rotatable bonds is 6. The van der Waals surface area contributed by atoms with Gasteiger partial charge in [0.25, 0.3) is 0 Å². The standard InChI is InChI=1S/C23H28N2O5/c1-4-14-11-25-9-8-23(20(25)10-15(14)16(13-29-2)18(27)12-26)21-17(24-22(23)28)6-5-7-19(21)30-3/h4-7,13-15,20,26H,1,8-12H2,2-3H3,(H,24,28)/t14-,15-,20+,23+/m0/s1. The Morgan fingerprint density at radius 2 is 2.23 bits per heavy atom. The Kier molecular flexibility index (Phi) is 5.42. The number of amides is 1. The van der Waals surface area contributed by atoms with Crippen molar-refractivity contribution >= 4 is 17.4 Å². The Balaban J connectivity index is 1.79. The first-order valence-electron chi connectivity index (χ1n) is 10.2. The van der Waals surface area contributed by atoms with Gasteiger partial charge in [0.2, 0.25) is 5.91 Å². The van der Waals surface area contributed by atoms with Gasteiger partial charge in [0, 0.05) is 29.4 Å². The van der Waals surface area contributed by atoms with Crippen LogP contribution in [0.4, 0.5) is 5.69 Å². The van der Waals surface area contributed by atoms with Crippen molar-refractivity contribution in [3.63, 3.8) is 0 Å². The number of benzene rings is 1. The molecule has 0 aromatic heterocycles. The summed E-state index contributed by atoms with van der Waals surface area (Å²) in [5, 5.41) is 12.5. The Hall–Kier alpha value is -2.64. The van der Waals surface area contributed by atoms with Gasteiger partial charge in [-0.15, -0.1) is 6.58 Å². The van der Waals surface area contributed by atoms with Crippen molar-refractivity contribution in [3.8, 4) is 5.75 Å². The largest absolute Gasteiger partial charge is 0.504 e. The molecule has 7 heteroatoms. The Morgan fingerprint density at radius 3 is 2.90 bits per heavy atom. The monoisotopic (exact) mass is 412 g/mol. The van der Waals surface area contributed by atoms with E-state index in [1.165, 1.54) is 13.4 Å². The van der Waals surface area contributed by atoms with Crippen LogP contribution in [0, 0.1) is 11.8 Å². The quantitative estimate of drug-likeness (QED) is 0.421. The number of hydrogen-bond donors (Lipinski definition) is 2. The van der Waals surface area contributed by atoms with Gasteiger partial charge < -0.3 is 19.9 Å². The lowest BCUT2D eigenvalue weighted by Gasteiger charge is -2.44. The average molecular weight is 412 g/mol. The van der Waals surface area contributed by atoms with Gasteiger partial charge in [-0.25, -0.2) is 0 Å². The fourth-order valence-corrected chi connectivity index (χ4v) is 5.68.